The first-order valence-electron chi connectivity index (χ1n) is 5.90. The minimum absolute atomic E-state index is 0.0556. The molecule has 1 aliphatic rings. The van der Waals surface area contributed by atoms with Crippen molar-refractivity contribution in [3.05, 3.63) is 40.9 Å². The second kappa shape index (κ2) is 4.37. The van der Waals surface area contributed by atoms with Gasteiger partial charge in [0.15, 0.2) is 0 Å². The minimum Gasteiger partial charge on any atom is -0.326 e. The molecule has 2 aromatic rings. The van der Waals surface area contributed by atoms with E-state index in [1.54, 1.807) is 4.90 Å². The van der Waals surface area contributed by atoms with Crippen LogP contribution in [0.25, 0.3) is 10.8 Å². The van der Waals surface area contributed by atoms with Crippen molar-refractivity contribution in [2.24, 2.45) is 5.73 Å². The standard InChI is InChI=1S/C14H13BrN2O/c15-12-5-1-4-11-10(12)3-2-6-13(11)17-8-9(16)7-14(17)18/h1-6,9H,7-8,16H2. The number of benzene rings is 2. The number of fused-ring (bicyclic) bond motifs is 1. The third-order valence-electron chi connectivity index (χ3n) is 3.29. The Morgan fingerprint density at radius 1 is 1.17 bits per heavy atom. The van der Waals surface area contributed by atoms with E-state index in [0.29, 0.717) is 13.0 Å². The van der Waals surface area contributed by atoms with Crippen molar-refractivity contribution >= 4 is 38.3 Å². The summed E-state index contributed by atoms with van der Waals surface area (Å²) in [4.78, 5) is 13.7. The minimum atomic E-state index is -0.0556. The Hall–Kier alpha value is -1.39. The highest BCUT2D eigenvalue weighted by molar-refractivity contribution is 9.10. The Labute approximate surface area is 114 Å². The number of nitrogens with two attached hydrogens (primary N) is 1. The first kappa shape index (κ1) is 11.7. The fraction of sp³-hybridized carbons (Fsp3) is 0.214. The van der Waals surface area contributed by atoms with E-state index in [1.165, 1.54) is 0 Å². The SMILES string of the molecule is NC1CC(=O)N(c2cccc3c(Br)cccc23)C1. The molecule has 4 heteroatoms. The Kier molecular flexibility index (Phi) is 2.84. The topological polar surface area (TPSA) is 46.3 Å². The second-order valence-corrected chi connectivity index (χ2v) is 5.43. The van der Waals surface area contributed by atoms with Crippen molar-refractivity contribution in [1.82, 2.24) is 0 Å². The maximum atomic E-state index is 11.9. The van der Waals surface area contributed by atoms with Gasteiger partial charge in [0.1, 0.15) is 0 Å². The summed E-state index contributed by atoms with van der Waals surface area (Å²) in [5, 5.41) is 2.19. The Bertz CT molecular complexity index is 626. The van der Waals surface area contributed by atoms with Gasteiger partial charge in [-0.25, -0.2) is 0 Å². The summed E-state index contributed by atoms with van der Waals surface area (Å²) in [6.07, 6.45) is 0.435. The average molecular weight is 305 g/mol. The molecule has 0 bridgehead atoms. The van der Waals surface area contributed by atoms with Crippen LogP contribution in [0.15, 0.2) is 40.9 Å². The van der Waals surface area contributed by atoms with Crippen LogP contribution < -0.4 is 10.6 Å². The highest BCUT2D eigenvalue weighted by Gasteiger charge is 2.28. The molecule has 1 amide bonds. The van der Waals surface area contributed by atoms with Gasteiger partial charge in [0.05, 0.1) is 5.69 Å². The highest BCUT2D eigenvalue weighted by Crippen LogP contribution is 2.33. The normalized spacial score (nSPS) is 19.8. The monoisotopic (exact) mass is 304 g/mol. The number of nitrogens with zero attached hydrogens (tertiary/aromatic N) is 1. The van der Waals surface area contributed by atoms with Gasteiger partial charge in [0.25, 0.3) is 0 Å². The van der Waals surface area contributed by atoms with Crippen LogP contribution in [0.4, 0.5) is 5.69 Å². The molecule has 1 fully saturated rings. The molecule has 0 spiro atoms. The Balaban J connectivity index is 2.18. The number of amides is 1. The van der Waals surface area contributed by atoms with Crippen LogP contribution >= 0.6 is 15.9 Å². The van der Waals surface area contributed by atoms with Crippen molar-refractivity contribution < 1.29 is 4.79 Å². The lowest BCUT2D eigenvalue weighted by molar-refractivity contribution is -0.117. The largest absolute Gasteiger partial charge is 0.326 e. The molecule has 0 aromatic heterocycles. The quantitative estimate of drug-likeness (QED) is 0.880. The van der Waals surface area contributed by atoms with Crippen LogP contribution in [0, 0.1) is 0 Å². The van der Waals surface area contributed by atoms with Gasteiger partial charge in [-0.3, -0.25) is 4.79 Å². The van der Waals surface area contributed by atoms with E-state index >= 15 is 0 Å². The first-order valence-corrected chi connectivity index (χ1v) is 6.69. The van der Waals surface area contributed by atoms with Crippen molar-refractivity contribution in [3.63, 3.8) is 0 Å². The van der Waals surface area contributed by atoms with E-state index in [-0.39, 0.29) is 11.9 Å². The molecule has 2 aromatic carbocycles. The predicted molar refractivity (Wildman–Crippen MR) is 76.6 cm³/mol. The summed E-state index contributed by atoms with van der Waals surface area (Å²) in [5.41, 5.74) is 6.81. The van der Waals surface area contributed by atoms with Crippen molar-refractivity contribution in [2.75, 3.05) is 11.4 Å². The Morgan fingerprint density at radius 2 is 1.89 bits per heavy atom. The molecule has 1 saturated heterocycles. The molecule has 1 atom stereocenters. The van der Waals surface area contributed by atoms with Gasteiger partial charge in [0, 0.05) is 28.9 Å². The molecule has 18 heavy (non-hydrogen) atoms. The molecule has 1 aliphatic heterocycles. The second-order valence-electron chi connectivity index (χ2n) is 4.58. The van der Waals surface area contributed by atoms with Crippen LogP contribution in [0.3, 0.4) is 0 Å². The molecule has 0 radical (unpaired) electrons. The van der Waals surface area contributed by atoms with Crippen LogP contribution in [-0.4, -0.2) is 18.5 Å². The number of halogens is 1. The maximum absolute atomic E-state index is 11.9. The maximum Gasteiger partial charge on any atom is 0.228 e. The number of hydrogen-bond acceptors (Lipinski definition) is 2. The van der Waals surface area contributed by atoms with Crippen LogP contribution in [0.5, 0.6) is 0 Å². The lowest BCUT2D eigenvalue weighted by Crippen LogP contribution is -2.28. The molecule has 1 heterocycles. The molecule has 1 unspecified atom stereocenters. The lowest BCUT2D eigenvalue weighted by atomic mass is 10.1. The van der Waals surface area contributed by atoms with Crippen molar-refractivity contribution in [2.45, 2.75) is 12.5 Å². The fourth-order valence-electron chi connectivity index (χ4n) is 2.46. The average Bonchev–Trinajstić information content (AvgIpc) is 2.68. The molecular formula is C14H13BrN2O. The number of carbonyl (C=O) groups excluding carboxylic acids is 1. The van der Waals surface area contributed by atoms with Gasteiger partial charge in [-0.05, 0) is 17.5 Å². The molecule has 0 saturated carbocycles. The third kappa shape index (κ3) is 1.82. The van der Waals surface area contributed by atoms with Crippen molar-refractivity contribution in [1.29, 1.82) is 0 Å². The molecule has 92 valence electrons. The summed E-state index contributed by atoms with van der Waals surface area (Å²) < 4.78 is 1.04. The van der Waals surface area contributed by atoms with Gasteiger partial charge < -0.3 is 10.6 Å². The highest BCUT2D eigenvalue weighted by atomic mass is 79.9. The fourth-order valence-corrected chi connectivity index (χ4v) is 2.96. The van der Waals surface area contributed by atoms with Gasteiger partial charge in [-0.1, -0.05) is 40.2 Å². The van der Waals surface area contributed by atoms with Crippen LogP contribution in [0.2, 0.25) is 0 Å². The van der Waals surface area contributed by atoms with Gasteiger partial charge in [-0.2, -0.15) is 0 Å². The van der Waals surface area contributed by atoms with E-state index in [0.717, 1.165) is 20.9 Å². The summed E-state index contributed by atoms with van der Waals surface area (Å²) >= 11 is 3.54. The molecule has 3 nitrogen and oxygen atoms in total. The molecule has 3 rings (SSSR count). The zero-order chi connectivity index (χ0) is 12.7. The number of hydrogen-bond donors (Lipinski definition) is 1. The van der Waals surface area contributed by atoms with Crippen molar-refractivity contribution in [3.8, 4) is 0 Å². The lowest BCUT2D eigenvalue weighted by Gasteiger charge is -2.18. The summed E-state index contributed by atoms with van der Waals surface area (Å²) in [6.45, 7) is 0.602. The van der Waals surface area contributed by atoms with Gasteiger partial charge in [0.2, 0.25) is 5.91 Å². The van der Waals surface area contributed by atoms with E-state index in [4.69, 9.17) is 5.73 Å². The smallest absolute Gasteiger partial charge is 0.228 e. The van der Waals surface area contributed by atoms with Crippen LogP contribution in [-0.2, 0) is 4.79 Å². The Morgan fingerprint density at radius 3 is 2.61 bits per heavy atom. The predicted octanol–water partition coefficient (Wildman–Crippen LogP) is 2.67. The number of anilines is 1. The van der Waals surface area contributed by atoms with Gasteiger partial charge >= 0.3 is 0 Å². The molecule has 0 aliphatic carbocycles. The van der Waals surface area contributed by atoms with E-state index in [2.05, 4.69) is 15.9 Å². The summed E-state index contributed by atoms with van der Waals surface area (Å²) in [5.74, 6) is 0.106. The third-order valence-corrected chi connectivity index (χ3v) is 3.98. The molecular weight excluding hydrogens is 292 g/mol. The van der Waals surface area contributed by atoms with Crippen LogP contribution in [0.1, 0.15) is 6.42 Å². The summed E-state index contributed by atoms with van der Waals surface area (Å²) in [7, 11) is 0. The number of carbonyl (C=O) groups is 1. The molecule has 2 N–H and O–H groups in total. The first-order chi connectivity index (χ1) is 8.66. The zero-order valence-corrected chi connectivity index (χ0v) is 11.4. The van der Waals surface area contributed by atoms with E-state index in [1.807, 2.05) is 36.4 Å². The summed E-state index contributed by atoms with van der Waals surface area (Å²) in [6, 6.07) is 12.0. The van der Waals surface area contributed by atoms with E-state index in [9.17, 15) is 4.79 Å². The number of rotatable bonds is 1. The zero-order valence-electron chi connectivity index (χ0n) is 9.77. The van der Waals surface area contributed by atoms with E-state index < -0.39 is 0 Å². The van der Waals surface area contributed by atoms with Gasteiger partial charge in [-0.15, -0.1) is 0 Å².